The first-order valence-electron chi connectivity index (χ1n) is 14.4. The van der Waals surface area contributed by atoms with Crippen LogP contribution in [0.4, 0.5) is 11.4 Å². The number of allylic oxidation sites excluding steroid dienone is 2. The summed E-state index contributed by atoms with van der Waals surface area (Å²) in [6.07, 6.45) is 5.99. The van der Waals surface area contributed by atoms with E-state index in [0.29, 0.717) is 23.6 Å². The van der Waals surface area contributed by atoms with Crippen LogP contribution in [0.5, 0.6) is 0 Å². The highest BCUT2D eigenvalue weighted by atomic mass is 32.2. The first-order chi connectivity index (χ1) is 19.9. The van der Waals surface area contributed by atoms with Crippen molar-refractivity contribution in [2.45, 2.75) is 65.3 Å². The summed E-state index contributed by atoms with van der Waals surface area (Å²) in [5.41, 5.74) is 8.10. The normalized spacial score (nSPS) is 18.9. The number of anilines is 2. The van der Waals surface area contributed by atoms with Crippen LogP contribution >= 0.6 is 11.3 Å². The summed E-state index contributed by atoms with van der Waals surface area (Å²) in [7, 11) is -3.72. The van der Waals surface area contributed by atoms with Crippen LogP contribution in [0.25, 0.3) is 0 Å². The molecule has 1 aliphatic carbocycles. The number of hydrogen-bond donors (Lipinski definition) is 3. The lowest BCUT2D eigenvalue weighted by molar-refractivity contribution is -0.123. The van der Waals surface area contributed by atoms with E-state index in [9.17, 15) is 13.2 Å². The van der Waals surface area contributed by atoms with Gasteiger partial charge in [-0.3, -0.25) is 15.6 Å². The van der Waals surface area contributed by atoms with Crippen molar-refractivity contribution in [3.05, 3.63) is 86.7 Å². The predicted octanol–water partition coefficient (Wildman–Crippen LogP) is 5.73. The predicted molar refractivity (Wildman–Crippen MR) is 170 cm³/mol. The number of nitrogens with zero attached hydrogens (tertiary/aromatic N) is 2. The minimum atomic E-state index is -3.72. The average Bonchev–Trinajstić information content (AvgIpc) is 3.73. The Labute approximate surface area is 253 Å². The van der Waals surface area contributed by atoms with Gasteiger partial charge in [-0.05, 0) is 74.1 Å². The van der Waals surface area contributed by atoms with Gasteiger partial charge in [-0.25, -0.2) is 8.42 Å². The molecule has 3 heterocycles. The molecule has 0 unspecified atom stereocenters. The molecule has 0 amide bonds. The van der Waals surface area contributed by atoms with Crippen LogP contribution in [0.3, 0.4) is 0 Å². The van der Waals surface area contributed by atoms with E-state index in [1.165, 1.54) is 0 Å². The zero-order valence-corrected chi connectivity index (χ0v) is 26.7. The Morgan fingerprint density at radius 2 is 2.00 bits per heavy atom. The van der Waals surface area contributed by atoms with Crippen molar-refractivity contribution in [1.82, 2.24) is 9.29 Å². The molecule has 1 aromatic carbocycles. The van der Waals surface area contributed by atoms with E-state index in [0.717, 1.165) is 49.9 Å². The number of carbonyl (C=O) groups is 1. The fraction of sp³-hybridized carbons (Fsp3) is 0.406. The summed E-state index contributed by atoms with van der Waals surface area (Å²) in [4.78, 5) is 20.4. The molecule has 10 heteroatoms. The summed E-state index contributed by atoms with van der Waals surface area (Å²) < 4.78 is 29.2. The molecule has 2 atom stereocenters. The van der Waals surface area contributed by atoms with Crippen molar-refractivity contribution in [3.63, 3.8) is 0 Å². The van der Waals surface area contributed by atoms with E-state index in [1.807, 2.05) is 53.2 Å². The Kier molecular flexibility index (Phi) is 8.37. The first kappa shape index (κ1) is 30.4. The third kappa shape index (κ3) is 5.53. The van der Waals surface area contributed by atoms with Gasteiger partial charge < -0.3 is 10.7 Å². The third-order valence-corrected chi connectivity index (χ3v) is 11.5. The van der Waals surface area contributed by atoms with Gasteiger partial charge in [0.05, 0.1) is 17.1 Å². The van der Waals surface area contributed by atoms with Crippen molar-refractivity contribution in [3.8, 4) is 0 Å². The van der Waals surface area contributed by atoms with Gasteiger partial charge >= 0.3 is 0 Å². The van der Waals surface area contributed by atoms with Crippen molar-refractivity contribution in [2.24, 2.45) is 17.2 Å². The molecule has 2 aliphatic rings. The van der Waals surface area contributed by atoms with Crippen LogP contribution in [0.2, 0.25) is 0 Å². The molecule has 2 aromatic heterocycles. The minimum Gasteiger partial charge on any atom is -0.384 e. The molecule has 0 spiro atoms. The van der Waals surface area contributed by atoms with Gasteiger partial charge in [0.1, 0.15) is 4.90 Å². The zero-order valence-electron chi connectivity index (χ0n) is 25.1. The van der Waals surface area contributed by atoms with Gasteiger partial charge in [0, 0.05) is 58.9 Å². The van der Waals surface area contributed by atoms with Crippen molar-refractivity contribution >= 4 is 38.5 Å². The maximum absolute atomic E-state index is 13.8. The molecule has 223 valence electrons. The second kappa shape index (κ2) is 11.6. The minimum absolute atomic E-state index is 0.0885. The highest BCUT2D eigenvalue weighted by molar-refractivity contribution is 7.89. The van der Waals surface area contributed by atoms with Gasteiger partial charge in [-0.2, -0.15) is 4.31 Å². The Bertz CT molecular complexity index is 1660. The number of fused-ring (bicyclic) bond motifs is 1. The van der Waals surface area contributed by atoms with Crippen LogP contribution in [-0.4, -0.2) is 36.6 Å². The maximum Gasteiger partial charge on any atom is 0.245 e. The van der Waals surface area contributed by atoms with Gasteiger partial charge in [0.25, 0.3) is 0 Å². The quantitative estimate of drug-likeness (QED) is 0.199. The Morgan fingerprint density at radius 1 is 1.26 bits per heavy atom. The fourth-order valence-corrected chi connectivity index (χ4v) is 9.20. The van der Waals surface area contributed by atoms with Crippen LogP contribution in [0, 0.1) is 31.6 Å². The Hall–Kier alpha value is -3.05. The van der Waals surface area contributed by atoms with Gasteiger partial charge in [-0.1, -0.05) is 32.9 Å². The number of nitrogen functional groups attached to an aromatic ring is 1. The summed E-state index contributed by atoms with van der Waals surface area (Å²) in [5, 5.41) is 3.36. The number of thiophene rings is 1. The van der Waals surface area contributed by atoms with Gasteiger partial charge in [0.2, 0.25) is 10.0 Å². The molecular formula is C32H40N5O3S2. The summed E-state index contributed by atoms with van der Waals surface area (Å²) in [6.45, 7) is 13.6. The molecule has 8 nitrogen and oxygen atoms in total. The highest BCUT2D eigenvalue weighted by Gasteiger charge is 2.43. The second-order valence-corrected chi connectivity index (χ2v) is 15.1. The van der Waals surface area contributed by atoms with Crippen molar-refractivity contribution in [2.75, 3.05) is 23.8 Å². The number of pyridine rings is 1. The lowest BCUT2D eigenvalue weighted by Crippen LogP contribution is -2.33. The second-order valence-electron chi connectivity index (χ2n) is 11.9. The Balaban J connectivity index is 1.59. The molecule has 0 bridgehead atoms. The standard InChI is InChI=1S/C32H40N5O3S2/c1-7-34-25-13-12-24(20(3)30(25)36-33)29(32(5,6)31(38)22-10-11-22)27-16-23(21(4)41-27)18-37-17-19(2)15-26-28(42(37,39)40)9-8-14-35-26/h8-14,16,19,29,34,36H,7,15,17-18,33H2,1-6H3/t19-,29+/m0/s1. The number of benzene rings is 1. The SMILES string of the molecule is CCNc1ccc([C@H](c2cc(CN3C[C@@H](C)Cc4ncccc4S3(=O)=O)c(C)s2)C(C)(C)C(=O)C2=C[CH]2)c(C)c1NN. The number of carbonyl (C=O) groups excluding carboxylic acids is 1. The molecule has 3 aromatic rings. The van der Waals surface area contributed by atoms with E-state index in [2.05, 4.69) is 34.8 Å². The number of rotatable bonds is 10. The number of Topliss-reactive ketones (excluding diaryl/α,β-unsaturated/α-hetero) is 1. The van der Waals surface area contributed by atoms with E-state index >= 15 is 0 Å². The molecule has 0 saturated carbocycles. The summed E-state index contributed by atoms with van der Waals surface area (Å²) in [6, 6.07) is 9.54. The lowest BCUT2D eigenvalue weighted by Gasteiger charge is -2.34. The number of nitrogens with two attached hydrogens (primary N) is 1. The van der Waals surface area contributed by atoms with Crippen molar-refractivity contribution < 1.29 is 13.2 Å². The zero-order chi connectivity index (χ0) is 30.4. The first-order valence-corrected chi connectivity index (χ1v) is 16.6. The number of sulfonamides is 1. The lowest BCUT2D eigenvalue weighted by atomic mass is 9.69. The Morgan fingerprint density at radius 3 is 2.67 bits per heavy atom. The number of aryl methyl sites for hydroxylation is 1. The number of ketones is 1. The van der Waals surface area contributed by atoms with Crippen molar-refractivity contribution in [1.29, 1.82) is 0 Å². The molecule has 4 N–H and O–H groups in total. The van der Waals surface area contributed by atoms with Crippen LogP contribution in [0.15, 0.2) is 53.1 Å². The van der Waals surface area contributed by atoms with Crippen LogP contribution < -0.4 is 16.6 Å². The van der Waals surface area contributed by atoms with E-state index < -0.39 is 15.4 Å². The largest absolute Gasteiger partial charge is 0.384 e. The average molecular weight is 607 g/mol. The highest BCUT2D eigenvalue weighted by Crippen LogP contribution is 2.50. The number of hydrazine groups is 1. The topological polar surface area (TPSA) is 117 Å². The number of hydrogen-bond acceptors (Lipinski definition) is 8. The monoisotopic (exact) mass is 606 g/mol. The molecule has 42 heavy (non-hydrogen) atoms. The molecule has 0 saturated heterocycles. The smallest absolute Gasteiger partial charge is 0.245 e. The molecular weight excluding hydrogens is 567 g/mol. The van der Waals surface area contributed by atoms with E-state index in [-0.39, 0.29) is 24.2 Å². The fourth-order valence-electron chi connectivity index (χ4n) is 6.13. The summed E-state index contributed by atoms with van der Waals surface area (Å²) in [5.74, 6) is 5.94. The summed E-state index contributed by atoms with van der Waals surface area (Å²) >= 11 is 1.63. The molecule has 5 rings (SSSR count). The van der Waals surface area contributed by atoms with E-state index in [4.69, 9.17) is 5.84 Å². The molecule has 0 fully saturated rings. The van der Waals surface area contributed by atoms with Crippen LogP contribution in [-0.2, 0) is 27.8 Å². The molecule has 1 radical (unpaired) electrons. The third-order valence-electron chi connectivity index (χ3n) is 8.43. The molecule has 1 aliphatic heterocycles. The number of nitrogens with one attached hydrogen (secondary N) is 2. The van der Waals surface area contributed by atoms with E-state index in [1.54, 1.807) is 34.0 Å². The number of aromatic nitrogens is 1. The van der Waals surface area contributed by atoms with Gasteiger partial charge in [0.15, 0.2) is 5.78 Å². The van der Waals surface area contributed by atoms with Crippen LogP contribution in [0.1, 0.15) is 65.8 Å². The maximum atomic E-state index is 13.8. The van der Waals surface area contributed by atoms with Gasteiger partial charge in [-0.15, -0.1) is 11.3 Å².